The number of guanidine groups is 1. The normalized spacial score (nSPS) is 16.2. The molecule has 0 aliphatic carbocycles. The summed E-state index contributed by atoms with van der Waals surface area (Å²) >= 11 is 0. The lowest BCUT2D eigenvalue weighted by Gasteiger charge is -2.31. The maximum atomic E-state index is 5.37. The summed E-state index contributed by atoms with van der Waals surface area (Å²) < 4.78 is 10.7. The topological polar surface area (TPSA) is 58.1 Å². The third-order valence-electron chi connectivity index (χ3n) is 5.38. The van der Waals surface area contributed by atoms with E-state index in [1.807, 2.05) is 19.2 Å². The van der Waals surface area contributed by atoms with Crippen LogP contribution in [0.4, 0.5) is 0 Å². The van der Waals surface area contributed by atoms with Crippen LogP contribution < -0.4 is 20.1 Å². The van der Waals surface area contributed by atoms with Gasteiger partial charge >= 0.3 is 0 Å². The first-order valence-electron chi connectivity index (χ1n) is 10.1. The first-order valence-corrected chi connectivity index (χ1v) is 10.1. The molecule has 6 heteroatoms. The number of ether oxygens (including phenoxy) is 2. The highest BCUT2D eigenvalue weighted by Crippen LogP contribution is 2.27. The molecule has 1 fully saturated rings. The lowest BCUT2D eigenvalue weighted by Crippen LogP contribution is -2.40. The van der Waals surface area contributed by atoms with Gasteiger partial charge in [0.05, 0.1) is 14.2 Å². The fourth-order valence-corrected chi connectivity index (χ4v) is 3.57. The lowest BCUT2D eigenvalue weighted by atomic mass is 9.93. The van der Waals surface area contributed by atoms with Gasteiger partial charge in [0.15, 0.2) is 17.5 Å². The minimum absolute atomic E-state index is 0.761. The van der Waals surface area contributed by atoms with Crippen molar-refractivity contribution in [3.8, 4) is 11.5 Å². The summed E-state index contributed by atoms with van der Waals surface area (Å²) in [4.78, 5) is 6.87. The number of hydrogen-bond acceptors (Lipinski definition) is 4. The first-order chi connectivity index (χ1) is 13.2. The van der Waals surface area contributed by atoms with Gasteiger partial charge in [-0.3, -0.25) is 4.99 Å². The van der Waals surface area contributed by atoms with E-state index in [0.29, 0.717) is 0 Å². The van der Waals surface area contributed by atoms with Crippen LogP contribution in [-0.2, 0) is 6.42 Å². The van der Waals surface area contributed by atoms with Crippen LogP contribution in [0, 0.1) is 5.92 Å². The Morgan fingerprint density at radius 1 is 1.11 bits per heavy atom. The molecule has 2 rings (SSSR count). The molecule has 0 aromatic heterocycles. The van der Waals surface area contributed by atoms with Gasteiger partial charge in [0, 0.05) is 20.1 Å². The second kappa shape index (κ2) is 11.7. The van der Waals surface area contributed by atoms with Gasteiger partial charge in [-0.1, -0.05) is 13.0 Å². The van der Waals surface area contributed by atoms with E-state index in [9.17, 15) is 0 Å². The quantitative estimate of drug-likeness (QED) is 0.512. The van der Waals surface area contributed by atoms with Crippen LogP contribution in [0.1, 0.15) is 31.7 Å². The molecule has 1 aliphatic heterocycles. The molecule has 1 aromatic carbocycles. The van der Waals surface area contributed by atoms with E-state index in [0.717, 1.165) is 42.9 Å². The van der Waals surface area contributed by atoms with Crippen molar-refractivity contribution in [1.29, 1.82) is 0 Å². The van der Waals surface area contributed by atoms with Gasteiger partial charge in [0.25, 0.3) is 0 Å². The molecular formula is C21H36N4O2. The Hall–Kier alpha value is -1.95. The molecule has 0 atom stereocenters. The fourth-order valence-electron chi connectivity index (χ4n) is 3.57. The zero-order chi connectivity index (χ0) is 19.5. The summed E-state index contributed by atoms with van der Waals surface area (Å²) in [6.45, 7) is 7.73. The largest absolute Gasteiger partial charge is 0.493 e. The molecule has 1 heterocycles. The van der Waals surface area contributed by atoms with Gasteiger partial charge in [0.2, 0.25) is 0 Å². The minimum Gasteiger partial charge on any atom is -0.493 e. The van der Waals surface area contributed by atoms with Crippen molar-refractivity contribution < 1.29 is 9.47 Å². The number of aliphatic imine (C=N–C) groups is 1. The number of nitrogens with one attached hydrogen (secondary N) is 2. The maximum absolute atomic E-state index is 5.37. The molecule has 152 valence electrons. The molecule has 0 amide bonds. The number of benzene rings is 1. The summed E-state index contributed by atoms with van der Waals surface area (Å²) in [6, 6.07) is 6.05. The minimum atomic E-state index is 0.761. The van der Waals surface area contributed by atoms with Gasteiger partial charge in [-0.25, -0.2) is 0 Å². The highest BCUT2D eigenvalue weighted by atomic mass is 16.5. The van der Waals surface area contributed by atoms with Crippen molar-refractivity contribution in [2.45, 2.75) is 32.6 Å². The summed E-state index contributed by atoms with van der Waals surface area (Å²) in [5.74, 6) is 3.25. The van der Waals surface area contributed by atoms with Gasteiger partial charge in [-0.2, -0.15) is 0 Å². The average molecular weight is 377 g/mol. The molecule has 0 radical (unpaired) electrons. The maximum Gasteiger partial charge on any atom is 0.190 e. The Bertz CT molecular complexity index is 584. The Kier molecular flexibility index (Phi) is 9.25. The molecule has 6 nitrogen and oxygen atoms in total. The van der Waals surface area contributed by atoms with Crippen LogP contribution in [0.2, 0.25) is 0 Å². The summed E-state index contributed by atoms with van der Waals surface area (Å²) in [5, 5.41) is 6.85. The predicted octanol–water partition coefficient (Wildman–Crippen LogP) is 2.53. The van der Waals surface area contributed by atoms with E-state index in [-0.39, 0.29) is 0 Å². The second-order valence-corrected chi connectivity index (χ2v) is 7.03. The first kappa shape index (κ1) is 21.4. The highest BCUT2D eigenvalue weighted by Gasteiger charge is 2.17. The third kappa shape index (κ3) is 6.94. The van der Waals surface area contributed by atoms with Crippen molar-refractivity contribution in [2.75, 3.05) is 54.0 Å². The number of likely N-dealkylation sites (tertiary alicyclic amines) is 1. The van der Waals surface area contributed by atoms with E-state index in [4.69, 9.17) is 9.47 Å². The molecule has 0 bridgehead atoms. The van der Waals surface area contributed by atoms with Crippen LogP contribution >= 0.6 is 0 Å². The van der Waals surface area contributed by atoms with E-state index in [2.05, 4.69) is 33.5 Å². The number of hydrogen-bond donors (Lipinski definition) is 2. The van der Waals surface area contributed by atoms with Crippen LogP contribution in [-0.4, -0.2) is 64.9 Å². The smallest absolute Gasteiger partial charge is 0.190 e. The summed E-state index contributed by atoms with van der Waals surface area (Å²) in [5.41, 5.74) is 1.21. The number of methoxy groups -OCH3 is 2. The zero-order valence-corrected chi connectivity index (χ0v) is 17.4. The Balaban J connectivity index is 1.67. The van der Waals surface area contributed by atoms with Crippen LogP contribution in [0.5, 0.6) is 11.5 Å². The molecule has 2 N–H and O–H groups in total. The Morgan fingerprint density at radius 2 is 1.81 bits per heavy atom. The van der Waals surface area contributed by atoms with Gasteiger partial charge in [0.1, 0.15) is 0 Å². The molecule has 1 saturated heterocycles. The van der Waals surface area contributed by atoms with E-state index in [1.54, 1.807) is 14.2 Å². The molecule has 1 aliphatic rings. The Labute approximate surface area is 164 Å². The monoisotopic (exact) mass is 376 g/mol. The predicted molar refractivity (Wildman–Crippen MR) is 112 cm³/mol. The Morgan fingerprint density at radius 3 is 2.44 bits per heavy atom. The molecule has 0 unspecified atom stereocenters. The van der Waals surface area contributed by atoms with E-state index >= 15 is 0 Å². The van der Waals surface area contributed by atoms with Crippen molar-refractivity contribution in [1.82, 2.24) is 15.5 Å². The number of nitrogens with zero attached hydrogens (tertiary/aromatic N) is 2. The second-order valence-electron chi connectivity index (χ2n) is 7.03. The number of rotatable bonds is 9. The molecule has 1 aromatic rings. The van der Waals surface area contributed by atoms with Crippen molar-refractivity contribution in [3.05, 3.63) is 23.8 Å². The van der Waals surface area contributed by atoms with E-state index < -0.39 is 0 Å². The molecular weight excluding hydrogens is 340 g/mol. The van der Waals surface area contributed by atoms with Crippen LogP contribution in [0.15, 0.2) is 23.2 Å². The van der Waals surface area contributed by atoms with Crippen molar-refractivity contribution in [3.63, 3.8) is 0 Å². The lowest BCUT2D eigenvalue weighted by molar-refractivity contribution is 0.187. The zero-order valence-electron chi connectivity index (χ0n) is 17.4. The van der Waals surface area contributed by atoms with Gasteiger partial charge in [-0.15, -0.1) is 0 Å². The SMILES string of the molecule is CCN1CCC(CCNC(=NC)NCCc2ccc(OC)c(OC)c2)CC1. The molecule has 0 spiro atoms. The van der Waals surface area contributed by atoms with Gasteiger partial charge < -0.3 is 25.0 Å². The molecule has 27 heavy (non-hydrogen) atoms. The number of piperidine rings is 1. The highest BCUT2D eigenvalue weighted by molar-refractivity contribution is 5.79. The van der Waals surface area contributed by atoms with Crippen molar-refractivity contribution in [2.24, 2.45) is 10.9 Å². The van der Waals surface area contributed by atoms with E-state index in [1.165, 1.54) is 44.5 Å². The standard InChI is InChI=1S/C21H36N4O2/c1-5-25-14-10-17(11-15-25)8-12-23-21(22-2)24-13-9-18-6-7-19(26-3)20(16-18)27-4/h6-7,16-17H,5,8-15H2,1-4H3,(H2,22,23,24). The van der Waals surface area contributed by atoms with Crippen LogP contribution in [0.25, 0.3) is 0 Å². The van der Waals surface area contributed by atoms with Gasteiger partial charge in [-0.05, 0) is 68.9 Å². The fraction of sp³-hybridized carbons (Fsp3) is 0.667. The average Bonchev–Trinajstić information content (AvgIpc) is 2.72. The summed E-state index contributed by atoms with van der Waals surface area (Å²) in [7, 11) is 5.14. The van der Waals surface area contributed by atoms with Crippen molar-refractivity contribution >= 4 is 5.96 Å². The molecule has 0 saturated carbocycles. The summed E-state index contributed by atoms with van der Waals surface area (Å²) in [6.07, 6.45) is 4.76. The third-order valence-corrected chi connectivity index (χ3v) is 5.38. The van der Waals surface area contributed by atoms with Crippen LogP contribution in [0.3, 0.4) is 0 Å².